The molecule has 0 heterocycles. The zero-order valence-electron chi connectivity index (χ0n) is 19.6. The zero-order chi connectivity index (χ0) is 20.8. The molecule has 0 atom stereocenters. The normalized spacial score (nSPS) is 13.3. The molecule has 0 fully saturated rings. The van der Waals surface area contributed by atoms with Gasteiger partial charge < -0.3 is 0 Å². The topological polar surface area (TPSA) is 36.9 Å². The van der Waals surface area contributed by atoms with Crippen LogP contribution in [0.2, 0.25) is 36.3 Å². The van der Waals surface area contributed by atoms with Gasteiger partial charge in [-0.1, -0.05) is 0 Å². The van der Waals surface area contributed by atoms with E-state index in [4.69, 9.17) is 14.4 Å². The van der Waals surface area contributed by atoms with Crippen molar-refractivity contribution in [2.75, 3.05) is 13.2 Å². The molecule has 0 aromatic carbocycles. The first-order valence-electron chi connectivity index (χ1n) is 11.6. The van der Waals surface area contributed by atoms with Crippen molar-refractivity contribution >= 4 is 31.2 Å². The number of hydrogen-bond acceptors (Lipinski definition) is 4. The summed E-state index contributed by atoms with van der Waals surface area (Å²) >= 11 is -3.79. The predicted molar refractivity (Wildman–Crippen MR) is 124 cm³/mol. The minimum atomic E-state index is -3.79. The Hall–Kier alpha value is 0.817. The van der Waals surface area contributed by atoms with Crippen molar-refractivity contribution in [2.24, 2.45) is 0 Å². The molecule has 0 radical (unpaired) electrons. The van der Waals surface area contributed by atoms with Gasteiger partial charge in [0, 0.05) is 0 Å². The Morgan fingerprint density at radius 1 is 0.519 bits per heavy atom. The molecule has 0 N–H and O–H groups in total. The SMILES string of the molecule is CCCC[O][Ge]([O]CCCC)([O][Si](CC)(CC)CC)[O][Si](CC)(CC)CC. The Morgan fingerprint density at radius 2 is 0.815 bits per heavy atom. The van der Waals surface area contributed by atoms with Crippen LogP contribution < -0.4 is 0 Å². The zero-order valence-corrected chi connectivity index (χ0v) is 23.7. The van der Waals surface area contributed by atoms with Crippen LogP contribution in [0.1, 0.15) is 81.1 Å². The van der Waals surface area contributed by atoms with Crippen LogP contribution in [0, 0.1) is 0 Å². The Bertz CT molecular complexity index is 313. The monoisotopic (exact) mass is 482 g/mol. The Morgan fingerprint density at radius 3 is 1.04 bits per heavy atom. The molecule has 0 saturated heterocycles. The maximum atomic E-state index is 7.02. The van der Waals surface area contributed by atoms with Gasteiger partial charge in [-0.05, 0) is 0 Å². The third kappa shape index (κ3) is 9.01. The van der Waals surface area contributed by atoms with E-state index in [0.717, 1.165) is 61.9 Å². The first-order chi connectivity index (χ1) is 12.9. The average Bonchev–Trinajstić information content (AvgIpc) is 2.71. The summed E-state index contributed by atoms with van der Waals surface area (Å²) in [5, 5.41) is 0. The molecule has 0 aliphatic carbocycles. The molecule has 0 aliphatic heterocycles. The van der Waals surface area contributed by atoms with Gasteiger partial charge in [0.1, 0.15) is 0 Å². The van der Waals surface area contributed by atoms with E-state index in [1.807, 2.05) is 0 Å². The molecule has 0 aliphatic rings. The molecule has 0 spiro atoms. The third-order valence-electron chi connectivity index (χ3n) is 6.10. The van der Waals surface area contributed by atoms with Crippen molar-refractivity contribution in [1.82, 2.24) is 0 Å². The molecule has 0 unspecified atom stereocenters. The molecular weight excluding hydrogens is 433 g/mol. The first kappa shape index (κ1) is 27.8. The van der Waals surface area contributed by atoms with Gasteiger partial charge in [0.25, 0.3) is 0 Å². The molecule has 0 aromatic rings. The summed E-state index contributed by atoms with van der Waals surface area (Å²) < 4.78 is 27.1. The number of hydrogen-bond donors (Lipinski definition) is 0. The summed E-state index contributed by atoms with van der Waals surface area (Å²) in [5.41, 5.74) is 0. The standard InChI is InChI=1S/C20H48GeO4Si2/c1-9-17-19-22-21(23-20-18-10-2,24-26(11-3,12-4)13-5)25-27(14-6,15-7)16-8/h9-20H2,1-8H3. The molecule has 0 rings (SSSR count). The van der Waals surface area contributed by atoms with Gasteiger partial charge in [0.2, 0.25) is 0 Å². The van der Waals surface area contributed by atoms with Gasteiger partial charge in [-0.2, -0.15) is 0 Å². The van der Waals surface area contributed by atoms with Gasteiger partial charge in [-0.3, -0.25) is 0 Å². The van der Waals surface area contributed by atoms with Crippen LogP contribution in [0.15, 0.2) is 0 Å². The molecule has 0 saturated carbocycles. The van der Waals surface area contributed by atoms with E-state index in [9.17, 15) is 0 Å². The van der Waals surface area contributed by atoms with E-state index < -0.39 is 31.2 Å². The minimum absolute atomic E-state index is 0.700. The van der Waals surface area contributed by atoms with Crippen LogP contribution in [0.3, 0.4) is 0 Å². The Kier molecular flexibility index (Phi) is 15.2. The Balaban J connectivity index is 5.88. The van der Waals surface area contributed by atoms with E-state index in [2.05, 4.69) is 55.4 Å². The van der Waals surface area contributed by atoms with Crippen molar-refractivity contribution in [3.8, 4) is 0 Å². The van der Waals surface area contributed by atoms with Crippen molar-refractivity contribution in [3.63, 3.8) is 0 Å². The molecule has 164 valence electrons. The van der Waals surface area contributed by atoms with Gasteiger partial charge in [-0.15, -0.1) is 0 Å². The molecular formula is C20H48GeO4Si2. The quantitative estimate of drug-likeness (QED) is 0.155. The van der Waals surface area contributed by atoms with Crippen molar-refractivity contribution in [3.05, 3.63) is 0 Å². The maximum absolute atomic E-state index is 7.02. The summed E-state index contributed by atoms with van der Waals surface area (Å²) in [6, 6.07) is 6.60. The van der Waals surface area contributed by atoms with Crippen LogP contribution in [-0.2, 0) is 14.4 Å². The number of unbranched alkanes of at least 4 members (excludes halogenated alkanes) is 2. The van der Waals surface area contributed by atoms with E-state index >= 15 is 0 Å². The summed E-state index contributed by atoms with van der Waals surface area (Å²) in [7, 11) is -3.76. The van der Waals surface area contributed by atoms with E-state index in [0.29, 0.717) is 13.2 Å². The second kappa shape index (κ2) is 14.7. The van der Waals surface area contributed by atoms with Crippen molar-refractivity contribution < 1.29 is 14.4 Å². The molecule has 0 amide bonds. The van der Waals surface area contributed by atoms with Crippen LogP contribution in [0.5, 0.6) is 0 Å². The molecule has 27 heavy (non-hydrogen) atoms. The fourth-order valence-corrected chi connectivity index (χ4v) is 24.9. The summed E-state index contributed by atoms with van der Waals surface area (Å²) in [6.07, 6.45) is 4.30. The number of rotatable bonds is 18. The molecule has 7 heteroatoms. The molecule has 4 nitrogen and oxygen atoms in total. The first-order valence-corrected chi connectivity index (χ1v) is 20.1. The third-order valence-corrected chi connectivity index (χ3v) is 26.1. The Labute approximate surface area is 176 Å². The summed E-state index contributed by atoms with van der Waals surface area (Å²) in [6.45, 7) is 19.4. The van der Waals surface area contributed by atoms with Gasteiger partial charge in [-0.25, -0.2) is 0 Å². The van der Waals surface area contributed by atoms with Gasteiger partial charge in [0.05, 0.1) is 0 Å². The van der Waals surface area contributed by atoms with Crippen LogP contribution in [0.4, 0.5) is 0 Å². The summed E-state index contributed by atoms with van der Waals surface area (Å²) in [5.74, 6) is 0. The predicted octanol–water partition coefficient (Wildman–Crippen LogP) is 7.10. The van der Waals surface area contributed by atoms with Crippen molar-refractivity contribution in [2.45, 2.75) is 117 Å². The fraction of sp³-hybridized carbons (Fsp3) is 1.00. The van der Waals surface area contributed by atoms with Crippen LogP contribution in [0.25, 0.3) is 0 Å². The van der Waals surface area contributed by atoms with E-state index in [1.54, 1.807) is 0 Å². The van der Waals surface area contributed by atoms with Crippen LogP contribution in [-0.4, -0.2) is 44.5 Å². The second-order valence-corrected chi connectivity index (χ2v) is 22.9. The average molecular weight is 481 g/mol. The van der Waals surface area contributed by atoms with E-state index in [-0.39, 0.29) is 0 Å². The summed E-state index contributed by atoms with van der Waals surface area (Å²) in [4.78, 5) is 0. The molecule has 0 bridgehead atoms. The van der Waals surface area contributed by atoms with Gasteiger partial charge in [0.15, 0.2) is 0 Å². The van der Waals surface area contributed by atoms with Gasteiger partial charge >= 0.3 is 176 Å². The fourth-order valence-electron chi connectivity index (χ4n) is 3.33. The van der Waals surface area contributed by atoms with Crippen LogP contribution >= 0.6 is 0 Å². The second-order valence-electron chi connectivity index (χ2n) is 7.60. The van der Waals surface area contributed by atoms with Crippen molar-refractivity contribution in [1.29, 1.82) is 0 Å². The van der Waals surface area contributed by atoms with E-state index in [1.165, 1.54) is 0 Å². The molecule has 0 aromatic heterocycles.